The zero-order valence-electron chi connectivity index (χ0n) is 18.3. The van der Waals surface area contributed by atoms with Gasteiger partial charge in [-0.25, -0.2) is 15.0 Å². The molecule has 1 N–H and O–H groups in total. The Bertz CT molecular complexity index is 1330. The summed E-state index contributed by atoms with van der Waals surface area (Å²) in [5, 5.41) is 4.53. The highest BCUT2D eigenvalue weighted by molar-refractivity contribution is 5.91. The Kier molecular flexibility index (Phi) is 6.07. The van der Waals surface area contributed by atoms with Crippen LogP contribution in [0.25, 0.3) is 33.7 Å². The summed E-state index contributed by atoms with van der Waals surface area (Å²) in [4.78, 5) is 18.8. The third kappa shape index (κ3) is 4.00. The van der Waals surface area contributed by atoms with Crippen molar-refractivity contribution >= 4 is 16.9 Å². The minimum absolute atomic E-state index is 0. The number of aromatic amines is 1. The molecule has 0 aromatic carbocycles. The first-order valence-corrected chi connectivity index (χ1v) is 10.5. The summed E-state index contributed by atoms with van der Waals surface area (Å²) < 4.78 is 48.4. The topological polar surface area (TPSA) is 84.8 Å². The molecule has 8 nitrogen and oxygen atoms in total. The number of nitrogens with zero attached hydrogens (tertiary/aromatic N) is 6. The zero-order chi connectivity index (χ0) is 23.3. The van der Waals surface area contributed by atoms with Crippen molar-refractivity contribution in [3.05, 3.63) is 42.0 Å². The van der Waals surface area contributed by atoms with Crippen molar-refractivity contribution in [2.45, 2.75) is 33.5 Å². The summed E-state index contributed by atoms with van der Waals surface area (Å²) in [5.41, 5.74) is 0.864. The van der Waals surface area contributed by atoms with Gasteiger partial charge < -0.3 is 14.6 Å². The van der Waals surface area contributed by atoms with Gasteiger partial charge in [0.1, 0.15) is 11.5 Å². The fraction of sp³-hybridized carbons (Fsp3) is 0.391. The molecule has 0 spiro atoms. The third-order valence-electron chi connectivity index (χ3n) is 5.93. The van der Waals surface area contributed by atoms with Crippen molar-refractivity contribution in [3.63, 3.8) is 0 Å². The van der Waals surface area contributed by atoms with E-state index in [2.05, 4.69) is 20.1 Å². The monoisotopic (exact) mass is 473 g/mol. The van der Waals surface area contributed by atoms with Crippen LogP contribution in [0.1, 0.15) is 25.7 Å². The molecule has 180 valence electrons. The summed E-state index contributed by atoms with van der Waals surface area (Å²) >= 11 is 0. The Morgan fingerprint density at radius 1 is 1.21 bits per heavy atom. The van der Waals surface area contributed by atoms with Crippen LogP contribution in [-0.2, 0) is 18.0 Å². The van der Waals surface area contributed by atoms with Crippen LogP contribution in [0.4, 0.5) is 19.0 Å². The maximum Gasteiger partial charge on any atom is 0.435 e. The minimum Gasteiger partial charge on any atom is -0.377 e. The largest absolute Gasteiger partial charge is 0.435 e. The second kappa shape index (κ2) is 8.71. The Morgan fingerprint density at radius 2 is 2.00 bits per heavy atom. The van der Waals surface area contributed by atoms with Crippen molar-refractivity contribution in [1.82, 2.24) is 29.7 Å². The Labute approximate surface area is 194 Å². The highest BCUT2D eigenvalue weighted by Crippen LogP contribution is 2.39. The van der Waals surface area contributed by atoms with E-state index >= 15 is 0 Å². The number of hydrogen-bond acceptors (Lipinski definition) is 6. The van der Waals surface area contributed by atoms with Gasteiger partial charge >= 0.3 is 6.18 Å². The van der Waals surface area contributed by atoms with E-state index in [1.165, 1.54) is 11.7 Å². The van der Waals surface area contributed by atoms with Gasteiger partial charge in [-0.3, -0.25) is 4.68 Å². The molecule has 4 aromatic rings. The molecule has 0 radical (unpaired) electrons. The van der Waals surface area contributed by atoms with Gasteiger partial charge in [0.25, 0.3) is 0 Å². The molecule has 1 fully saturated rings. The second-order valence-electron chi connectivity index (χ2n) is 8.08. The highest BCUT2D eigenvalue weighted by Gasteiger charge is 2.39. The number of halogens is 3. The van der Waals surface area contributed by atoms with E-state index in [1.54, 1.807) is 31.5 Å². The number of hydrogen-bond donors (Lipinski definition) is 1. The molecule has 4 aromatic heterocycles. The molecule has 0 aliphatic carbocycles. The molecule has 1 aliphatic rings. The van der Waals surface area contributed by atoms with E-state index < -0.39 is 11.9 Å². The van der Waals surface area contributed by atoms with E-state index in [4.69, 9.17) is 9.72 Å². The number of morpholine rings is 1. The number of ether oxygens (including phenoxy) is 1. The summed E-state index contributed by atoms with van der Waals surface area (Å²) in [7, 11) is 1.49. The first-order chi connectivity index (χ1) is 15.7. The Morgan fingerprint density at radius 3 is 2.74 bits per heavy atom. The maximum absolute atomic E-state index is 13.9. The van der Waals surface area contributed by atoms with Gasteiger partial charge in [-0.2, -0.15) is 18.3 Å². The predicted octanol–water partition coefficient (Wildman–Crippen LogP) is 4.61. The fourth-order valence-electron chi connectivity index (χ4n) is 4.17. The van der Waals surface area contributed by atoms with Gasteiger partial charge in [0, 0.05) is 48.7 Å². The lowest BCUT2D eigenvalue weighted by Gasteiger charge is -2.34. The number of aryl methyl sites for hydroxylation is 1. The standard InChI is InChI=1S/C22H22F3N7O.CH4/c1-12-11-33-9-8-32(12)17-10-16(18-13(2)31(3)30-19(18)22(23,24)25)28-21(29-17)15-5-7-27-20-14(15)4-6-26-20;/h4-7,10,12H,8-9,11H2,1-3H3,(H,26,27);1H4/t12-;/m1./s1. The minimum atomic E-state index is -4.62. The van der Waals surface area contributed by atoms with E-state index in [0.29, 0.717) is 48.3 Å². The second-order valence-corrected chi connectivity index (χ2v) is 8.08. The van der Waals surface area contributed by atoms with Crippen molar-refractivity contribution in [2.75, 3.05) is 24.7 Å². The quantitative estimate of drug-likeness (QED) is 0.468. The van der Waals surface area contributed by atoms with Gasteiger partial charge in [-0.15, -0.1) is 0 Å². The zero-order valence-corrected chi connectivity index (χ0v) is 18.3. The Hall–Kier alpha value is -3.47. The summed E-state index contributed by atoms with van der Waals surface area (Å²) in [6, 6.07) is 5.24. The summed E-state index contributed by atoms with van der Waals surface area (Å²) in [6.07, 6.45) is -1.25. The number of H-pyrrole nitrogens is 1. The van der Waals surface area contributed by atoms with Crippen LogP contribution >= 0.6 is 0 Å². The van der Waals surface area contributed by atoms with Crippen molar-refractivity contribution in [3.8, 4) is 22.6 Å². The number of aromatic nitrogens is 6. The molecule has 11 heteroatoms. The molecular formula is C23H26F3N7O. The lowest BCUT2D eigenvalue weighted by Crippen LogP contribution is -2.44. The average molecular weight is 474 g/mol. The van der Waals surface area contributed by atoms with Crippen LogP contribution in [0.15, 0.2) is 30.6 Å². The van der Waals surface area contributed by atoms with Crippen molar-refractivity contribution in [1.29, 1.82) is 0 Å². The summed E-state index contributed by atoms with van der Waals surface area (Å²) in [5.74, 6) is 0.868. The van der Waals surface area contributed by atoms with Crippen LogP contribution in [0.5, 0.6) is 0 Å². The number of fused-ring (bicyclic) bond motifs is 1. The van der Waals surface area contributed by atoms with Crippen LogP contribution < -0.4 is 4.90 Å². The fourth-order valence-corrected chi connectivity index (χ4v) is 4.17. The van der Waals surface area contributed by atoms with Gasteiger partial charge in [-0.05, 0) is 26.0 Å². The molecule has 1 saturated heterocycles. The first kappa shape index (κ1) is 23.7. The molecule has 5 rings (SSSR count). The lowest BCUT2D eigenvalue weighted by atomic mass is 10.1. The number of rotatable bonds is 3. The number of nitrogens with one attached hydrogen (secondary N) is 1. The van der Waals surface area contributed by atoms with E-state index in [-0.39, 0.29) is 24.7 Å². The van der Waals surface area contributed by atoms with Gasteiger partial charge in [0.15, 0.2) is 11.5 Å². The molecule has 1 aliphatic heterocycles. The first-order valence-electron chi connectivity index (χ1n) is 10.5. The van der Waals surface area contributed by atoms with E-state index in [0.717, 1.165) is 5.39 Å². The molecular weight excluding hydrogens is 447 g/mol. The van der Waals surface area contributed by atoms with Crippen LogP contribution in [0.2, 0.25) is 0 Å². The van der Waals surface area contributed by atoms with Crippen LogP contribution in [-0.4, -0.2) is 55.5 Å². The van der Waals surface area contributed by atoms with E-state index in [9.17, 15) is 13.2 Å². The smallest absolute Gasteiger partial charge is 0.377 e. The molecule has 0 amide bonds. The van der Waals surface area contributed by atoms with Crippen molar-refractivity contribution in [2.24, 2.45) is 7.05 Å². The van der Waals surface area contributed by atoms with Gasteiger partial charge in [0.05, 0.1) is 30.5 Å². The molecule has 0 unspecified atom stereocenters. The predicted molar refractivity (Wildman–Crippen MR) is 123 cm³/mol. The molecule has 5 heterocycles. The third-order valence-corrected chi connectivity index (χ3v) is 5.93. The normalized spacial score (nSPS) is 16.6. The number of pyridine rings is 1. The highest BCUT2D eigenvalue weighted by atomic mass is 19.4. The lowest BCUT2D eigenvalue weighted by molar-refractivity contribution is -0.141. The molecule has 34 heavy (non-hydrogen) atoms. The molecule has 0 bridgehead atoms. The Balaban J connectivity index is 0.00000274. The number of anilines is 1. The SMILES string of the molecule is C.Cc1c(-c2cc(N3CCOC[C@H]3C)nc(-c3ccnc4[nH]ccc34)n2)c(C(F)(F)F)nn1C. The molecule has 0 saturated carbocycles. The number of alkyl halides is 3. The van der Waals surface area contributed by atoms with Gasteiger partial charge in [0.2, 0.25) is 0 Å². The van der Waals surface area contributed by atoms with Gasteiger partial charge in [-0.1, -0.05) is 7.43 Å². The van der Waals surface area contributed by atoms with Crippen LogP contribution in [0, 0.1) is 6.92 Å². The molecule has 1 atom stereocenters. The van der Waals surface area contributed by atoms with Crippen LogP contribution in [0.3, 0.4) is 0 Å². The van der Waals surface area contributed by atoms with Crippen molar-refractivity contribution < 1.29 is 17.9 Å². The maximum atomic E-state index is 13.9. The van der Waals surface area contributed by atoms with E-state index in [1.807, 2.05) is 17.9 Å². The average Bonchev–Trinajstić information content (AvgIpc) is 3.38. The summed E-state index contributed by atoms with van der Waals surface area (Å²) in [6.45, 7) is 5.19.